The quantitative estimate of drug-likeness (QED) is 0.876. The van der Waals surface area contributed by atoms with Crippen LogP contribution in [0.3, 0.4) is 0 Å². The Morgan fingerprint density at radius 3 is 3.04 bits per heavy atom. The largest absolute Gasteiger partial charge is 0.473 e. The fourth-order valence-corrected chi connectivity index (χ4v) is 3.76. The number of likely N-dealkylation sites (tertiary alicyclic amines) is 1. The number of anilines is 1. The summed E-state index contributed by atoms with van der Waals surface area (Å²) in [5.41, 5.74) is 0. The number of carbonyl (C=O) groups excluding carboxylic acids is 1. The van der Waals surface area contributed by atoms with E-state index in [4.69, 9.17) is 4.74 Å². The van der Waals surface area contributed by atoms with Crippen LogP contribution >= 0.6 is 11.3 Å². The number of aryl methyl sites for hydroxylation is 1. The molecular weight excluding hydrogens is 345 g/mol. The van der Waals surface area contributed by atoms with Gasteiger partial charge in [-0.3, -0.25) is 9.69 Å². The normalized spacial score (nSPS) is 20.6. The fourth-order valence-electron chi connectivity index (χ4n) is 2.84. The van der Waals surface area contributed by atoms with Crippen molar-refractivity contribution in [3.63, 3.8) is 0 Å². The van der Waals surface area contributed by atoms with E-state index in [0.29, 0.717) is 29.7 Å². The number of hydrogen-bond donors (Lipinski definition) is 1. The van der Waals surface area contributed by atoms with E-state index in [2.05, 4.69) is 32.1 Å². The van der Waals surface area contributed by atoms with Gasteiger partial charge in [0.05, 0.1) is 4.88 Å². The minimum Gasteiger partial charge on any atom is -0.473 e. The van der Waals surface area contributed by atoms with Crippen LogP contribution in [0.25, 0.3) is 0 Å². The van der Waals surface area contributed by atoms with Crippen molar-refractivity contribution in [2.75, 3.05) is 11.9 Å². The lowest BCUT2D eigenvalue weighted by Gasteiger charge is -2.19. The molecule has 2 aromatic rings. The first-order valence-electron chi connectivity index (χ1n) is 8.04. The standard InChI is InChI=1S/C16H20FN5O2S/c1-9-6-12(24-14-4-5-18-10(2)19-14)7-22(9)8-13-15(17)21-16(25-13)20-11(3)23/h4-5,9,12H,6-8H2,1-3H3,(H,20,21,23)/t9-,12+/m0/s1. The topological polar surface area (TPSA) is 80.2 Å². The van der Waals surface area contributed by atoms with Crippen LogP contribution in [0.15, 0.2) is 12.3 Å². The van der Waals surface area contributed by atoms with Gasteiger partial charge in [0.2, 0.25) is 17.7 Å². The molecule has 0 saturated carbocycles. The Morgan fingerprint density at radius 1 is 1.52 bits per heavy atom. The molecule has 1 saturated heterocycles. The number of nitrogens with zero attached hydrogens (tertiary/aromatic N) is 4. The van der Waals surface area contributed by atoms with Gasteiger partial charge in [0, 0.05) is 44.7 Å². The van der Waals surface area contributed by atoms with E-state index < -0.39 is 5.95 Å². The smallest absolute Gasteiger partial charge is 0.230 e. The second-order valence-corrected chi connectivity index (χ2v) is 7.19. The maximum absolute atomic E-state index is 14.0. The molecule has 3 rings (SSSR count). The first-order chi connectivity index (χ1) is 11.9. The Morgan fingerprint density at radius 2 is 2.32 bits per heavy atom. The molecule has 1 fully saturated rings. The molecule has 9 heteroatoms. The molecule has 0 aromatic carbocycles. The minimum atomic E-state index is -0.531. The molecule has 1 aliphatic rings. The maximum atomic E-state index is 14.0. The molecule has 3 heterocycles. The van der Waals surface area contributed by atoms with E-state index in [-0.39, 0.29) is 23.2 Å². The van der Waals surface area contributed by atoms with Crippen LogP contribution in [-0.2, 0) is 11.3 Å². The Balaban J connectivity index is 1.62. The molecule has 1 amide bonds. The van der Waals surface area contributed by atoms with E-state index >= 15 is 0 Å². The maximum Gasteiger partial charge on any atom is 0.230 e. The second kappa shape index (κ2) is 7.40. The predicted octanol–water partition coefficient (Wildman–Crippen LogP) is 2.38. The third kappa shape index (κ3) is 4.49. The van der Waals surface area contributed by atoms with Crippen LogP contribution in [-0.4, -0.2) is 44.4 Å². The number of halogens is 1. The molecule has 1 N–H and O–H groups in total. The Labute approximate surface area is 149 Å². The zero-order valence-electron chi connectivity index (χ0n) is 14.3. The van der Waals surface area contributed by atoms with Crippen LogP contribution in [0.2, 0.25) is 0 Å². The van der Waals surface area contributed by atoms with E-state index in [1.54, 1.807) is 12.3 Å². The van der Waals surface area contributed by atoms with Gasteiger partial charge in [0.25, 0.3) is 0 Å². The number of nitrogens with one attached hydrogen (secondary N) is 1. The van der Waals surface area contributed by atoms with Gasteiger partial charge in [-0.05, 0) is 13.8 Å². The number of ether oxygens (including phenoxy) is 1. The molecule has 2 aromatic heterocycles. The summed E-state index contributed by atoms with van der Waals surface area (Å²) in [5.74, 6) is 0.432. The summed E-state index contributed by atoms with van der Waals surface area (Å²) in [6, 6.07) is 1.99. The molecule has 7 nitrogen and oxygen atoms in total. The van der Waals surface area contributed by atoms with E-state index in [9.17, 15) is 9.18 Å². The summed E-state index contributed by atoms with van der Waals surface area (Å²) in [4.78, 5) is 25.8. The van der Waals surface area contributed by atoms with Crippen molar-refractivity contribution in [2.45, 2.75) is 45.9 Å². The number of amides is 1. The van der Waals surface area contributed by atoms with Gasteiger partial charge in [-0.1, -0.05) is 11.3 Å². The lowest BCUT2D eigenvalue weighted by Crippen LogP contribution is -2.28. The zero-order valence-corrected chi connectivity index (χ0v) is 15.1. The number of thiazole rings is 1. The van der Waals surface area contributed by atoms with Gasteiger partial charge < -0.3 is 10.1 Å². The molecule has 1 aliphatic heterocycles. The molecule has 0 radical (unpaired) electrons. The minimum absolute atomic E-state index is 0.00454. The third-order valence-corrected chi connectivity index (χ3v) is 4.91. The Hall–Kier alpha value is -2.13. The number of carbonyl (C=O) groups is 1. The highest BCUT2D eigenvalue weighted by atomic mass is 32.1. The number of rotatable bonds is 5. The molecule has 0 aliphatic carbocycles. The van der Waals surface area contributed by atoms with Crippen LogP contribution in [0.4, 0.5) is 9.52 Å². The van der Waals surface area contributed by atoms with Crippen molar-refractivity contribution < 1.29 is 13.9 Å². The molecular formula is C16H20FN5O2S. The lowest BCUT2D eigenvalue weighted by atomic mass is 10.2. The van der Waals surface area contributed by atoms with E-state index in [1.807, 2.05) is 6.92 Å². The van der Waals surface area contributed by atoms with Gasteiger partial charge in [-0.15, -0.1) is 0 Å². The fraction of sp³-hybridized carbons (Fsp3) is 0.500. The monoisotopic (exact) mass is 365 g/mol. The van der Waals surface area contributed by atoms with Crippen molar-refractivity contribution in [3.05, 3.63) is 28.9 Å². The molecule has 0 bridgehead atoms. The average Bonchev–Trinajstić information content (AvgIpc) is 3.02. The van der Waals surface area contributed by atoms with Gasteiger partial charge in [0.1, 0.15) is 11.9 Å². The predicted molar refractivity (Wildman–Crippen MR) is 92.0 cm³/mol. The van der Waals surface area contributed by atoms with Gasteiger partial charge in [-0.2, -0.15) is 14.4 Å². The summed E-state index contributed by atoms with van der Waals surface area (Å²) in [7, 11) is 0. The van der Waals surface area contributed by atoms with Crippen molar-refractivity contribution in [2.24, 2.45) is 0 Å². The molecule has 134 valence electrons. The van der Waals surface area contributed by atoms with Gasteiger partial charge in [0.15, 0.2) is 5.13 Å². The Kier molecular flexibility index (Phi) is 5.24. The summed E-state index contributed by atoms with van der Waals surface area (Å²) >= 11 is 1.16. The van der Waals surface area contributed by atoms with Crippen LogP contribution in [0.5, 0.6) is 5.88 Å². The number of aromatic nitrogens is 3. The lowest BCUT2D eigenvalue weighted by molar-refractivity contribution is -0.114. The highest BCUT2D eigenvalue weighted by Crippen LogP contribution is 2.28. The van der Waals surface area contributed by atoms with Crippen LogP contribution < -0.4 is 10.1 Å². The molecule has 2 atom stereocenters. The van der Waals surface area contributed by atoms with Crippen molar-refractivity contribution in [3.8, 4) is 5.88 Å². The van der Waals surface area contributed by atoms with Crippen molar-refractivity contribution in [1.29, 1.82) is 0 Å². The van der Waals surface area contributed by atoms with Gasteiger partial charge in [-0.25, -0.2) is 4.98 Å². The highest BCUT2D eigenvalue weighted by molar-refractivity contribution is 7.15. The van der Waals surface area contributed by atoms with Gasteiger partial charge >= 0.3 is 0 Å². The summed E-state index contributed by atoms with van der Waals surface area (Å²) in [6.45, 7) is 6.39. The summed E-state index contributed by atoms with van der Waals surface area (Å²) < 4.78 is 19.9. The van der Waals surface area contributed by atoms with Crippen LogP contribution in [0, 0.1) is 12.9 Å². The summed E-state index contributed by atoms with van der Waals surface area (Å²) in [5, 5.41) is 2.81. The summed E-state index contributed by atoms with van der Waals surface area (Å²) in [6.07, 6.45) is 2.50. The van der Waals surface area contributed by atoms with Crippen LogP contribution in [0.1, 0.15) is 31.0 Å². The second-order valence-electron chi connectivity index (χ2n) is 6.11. The van der Waals surface area contributed by atoms with E-state index in [1.165, 1.54) is 6.92 Å². The Bertz CT molecular complexity index is 769. The zero-order chi connectivity index (χ0) is 18.0. The molecule has 0 unspecified atom stereocenters. The van der Waals surface area contributed by atoms with E-state index in [0.717, 1.165) is 17.8 Å². The SMILES string of the molecule is CC(=O)Nc1nc(F)c(CN2C[C@H](Oc3ccnc(C)n3)C[C@@H]2C)s1. The molecule has 25 heavy (non-hydrogen) atoms. The highest BCUT2D eigenvalue weighted by Gasteiger charge is 2.32. The van der Waals surface area contributed by atoms with Crippen molar-refractivity contribution >= 4 is 22.4 Å². The molecule has 0 spiro atoms. The van der Waals surface area contributed by atoms with Crippen molar-refractivity contribution in [1.82, 2.24) is 19.9 Å². The third-order valence-electron chi connectivity index (χ3n) is 3.98. The average molecular weight is 365 g/mol. The first kappa shape index (κ1) is 17.7. The number of hydrogen-bond acceptors (Lipinski definition) is 7. The first-order valence-corrected chi connectivity index (χ1v) is 8.85.